The molecule has 2 fully saturated rings. The number of amides is 1. The molecule has 8 heteroatoms. The number of hydrogen-bond acceptors (Lipinski definition) is 6. The molecule has 1 N–H and O–H groups in total. The number of ether oxygens (including phenoxy) is 1. The summed E-state index contributed by atoms with van der Waals surface area (Å²) < 4.78 is 10.6. The molecule has 8 nitrogen and oxygen atoms in total. The van der Waals surface area contributed by atoms with Gasteiger partial charge in [-0.05, 0) is 50.3 Å². The van der Waals surface area contributed by atoms with Crippen molar-refractivity contribution in [3.05, 3.63) is 63.7 Å². The highest BCUT2D eigenvalue weighted by Gasteiger charge is 2.53. The Morgan fingerprint density at radius 2 is 1.91 bits per heavy atom. The Kier molecular flexibility index (Phi) is 5.07. The number of methoxy groups -OCH3 is 1. The van der Waals surface area contributed by atoms with E-state index in [1.165, 1.54) is 6.07 Å². The third-order valence-corrected chi connectivity index (χ3v) is 6.70. The number of piperidine rings is 1. The maximum Gasteiger partial charge on any atom is 0.264 e. The van der Waals surface area contributed by atoms with Crippen LogP contribution in [-0.2, 0) is 10.2 Å². The molecule has 166 valence electrons. The van der Waals surface area contributed by atoms with Gasteiger partial charge in [-0.3, -0.25) is 9.59 Å². The second kappa shape index (κ2) is 7.93. The Balaban J connectivity index is 1.32. The first kappa shape index (κ1) is 20.5. The van der Waals surface area contributed by atoms with Crippen LogP contribution in [0.25, 0.3) is 11.3 Å². The van der Waals surface area contributed by atoms with Gasteiger partial charge in [-0.2, -0.15) is 5.10 Å². The van der Waals surface area contributed by atoms with Crippen molar-refractivity contribution < 1.29 is 14.1 Å². The van der Waals surface area contributed by atoms with Crippen LogP contribution in [0, 0.1) is 6.92 Å². The zero-order chi connectivity index (χ0) is 22.3. The van der Waals surface area contributed by atoms with Crippen LogP contribution in [0.2, 0.25) is 0 Å². The number of nitrogens with zero attached hydrogens (tertiary/aromatic N) is 3. The third kappa shape index (κ3) is 3.59. The number of H-pyrrole nitrogens is 1. The molecule has 0 bridgehead atoms. The Labute approximate surface area is 185 Å². The molecule has 1 saturated carbocycles. The van der Waals surface area contributed by atoms with Crippen molar-refractivity contribution in [3.63, 3.8) is 0 Å². The van der Waals surface area contributed by atoms with E-state index in [1.807, 2.05) is 42.2 Å². The fourth-order valence-corrected chi connectivity index (χ4v) is 4.73. The molecule has 3 heterocycles. The Morgan fingerprint density at radius 3 is 2.50 bits per heavy atom. The highest BCUT2D eigenvalue weighted by Crippen LogP contribution is 2.50. The van der Waals surface area contributed by atoms with E-state index in [9.17, 15) is 9.59 Å². The number of benzene rings is 1. The second-order valence-corrected chi connectivity index (χ2v) is 8.74. The van der Waals surface area contributed by atoms with E-state index in [-0.39, 0.29) is 17.4 Å². The van der Waals surface area contributed by atoms with Crippen molar-refractivity contribution in [3.8, 4) is 17.1 Å². The minimum atomic E-state index is -0.391. The number of hydrogen-bond donors (Lipinski definition) is 1. The minimum absolute atomic E-state index is 0.132. The van der Waals surface area contributed by atoms with Gasteiger partial charge in [0, 0.05) is 36.7 Å². The van der Waals surface area contributed by atoms with Gasteiger partial charge in [0.05, 0.1) is 23.9 Å². The standard InChI is InChI=1S/C24H26N4O4/c1-15-13-20(32-27-15)19-14-21(29)25-26-22(19)16-7-11-28(12-8-16)23(30)24(9-10-24)17-3-5-18(31-2)6-4-17/h3-6,13-14,16H,7-12H2,1-2H3,(H,25,29). The highest BCUT2D eigenvalue weighted by atomic mass is 16.5. The minimum Gasteiger partial charge on any atom is -0.497 e. The molecule has 0 atom stereocenters. The normalized spacial score (nSPS) is 17.9. The first-order chi connectivity index (χ1) is 15.5. The highest BCUT2D eigenvalue weighted by molar-refractivity contribution is 5.91. The van der Waals surface area contributed by atoms with E-state index in [1.54, 1.807) is 7.11 Å². The van der Waals surface area contributed by atoms with Gasteiger partial charge >= 0.3 is 0 Å². The van der Waals surface area contributed by atoms with E-state index in [4.69, 9.17) is 9.26 Å². The fraction of sp³-hybridized carbons (Fsp3) is 0.417. The molecule has 0 spiro atoms. The predicted octanol–water partition coefficient (Wildman–Crippen LogP) is 3.18. The van der Waals surface area contributed by atoms with Crippen molar-refractivity contribution in [1.29, 1.82) is 0 Å². The lowest BCUT2D eigenvalue weighted by Crippen LogP contribution is -2.43. The monoisotopic (exact) mass is 434 g/mol. The van der Waals surface area contributed by atoms with Gasteiger partial charge in [0.2, 0.25) is 5.91 Å². The van der Waals surface area contributed by atoms with Crippen LogP contribution in [0.5, 0.6) is 5.75 Å². The van der Waals surface area contributed by atoms with Crippen LogP contribution in [0.4, 0.5) is 0 Å². The summed E-state index contributed by atoms with van der Waals surface area (Å²) in [4.78, 5) is 27.3. The smallest absolute Gasteiger partial charge is 0.264 e. The van der Waals surface area contributed by atoms with Crippen LogP contribution in [0.1, 0.15) is 48.6 Å². The number of aryl methyl sites for hydroxylation is 1. The molecule has 0 unspecified atom stereocenters. The van der Waals surface area contributed by atoms with Crippen molar-refractivity contribution in [2.24, 2.45) is 0 Å². The zero-order valence-corrected chi connectivity index (χ0v) is 18.3. The number of nitrogens with one attached hydrogen (secondary N) is 1. The summed E-state index contributed by atoms with van der Waals surface area (Å²) in [6.07, 6.45) is 3.33. The molecule has 1 saturated heterocycles. The van der Waals surface area contributed by atoms with Crippen LogP contribution in [0.3, 0.4) is 0 Å². The Morgan fingerprint density at radius 1 is 1.19 bits per heavy atom. The van der Waals surface area contributed by atoms with Gasteiger partial charge in [-0.1, -0.05) is 17.3 Å². The number of rotatable bonds is 5. The molecule has 2 aromatic heterocycles. The molecule has 2 aliphatic rings. The number of aromatic nitrogens is 3. The SMILES string of the molecule is COc1ccc(C2(C(=O)N3CCC(c4n[nH]c(=O)cc4-c4cc(C)no4)CC3)CC2)cc1. The first-order valence-corrected chi connectivity index (χ1v) is 11.0. The average Bonchev–Trinajstić information content (AvgIpc) is 3.53. The van der Waals surface area contributed by atoms with Gasteiger partial charge < -0.3 is 14.2 Å². The molecular weight excluding hydrogens is 408 g/mol. The van der Waals surface area contributed by atoms with Gasteiger partial charge in [0.25, 0.3) is 5.56 Å². The average molecular weight is 434 g/mol. The van der Waals surface area contributed by atoms with Crippen LogP contribution >= 0.6 is 0 Å². The summed E-state index contributed by atoms with van der Waals surface area (Å²) in [5, 5.41) is 10.8. The maximum absolute atomic E-state index is 13.4. The van der Waals surface area contributed by atoms with Crippen molar-refractivity contribution in [2.45, 2.75) is 43.9 Å². The molecule has 3 aromatic rings. The van der Waals surface area contributed by atoms with E-state index in [2.05, 4.69) is 15.4 Å². The predicted molar refractivity (Wildman–Crippen MR) is 118 cm³/mol. The summed E-state index contributed by atoms with van der Waals surface area (Å²) in [6, 6.07) is 11.2. The van der Waals surface area contributed by atoms with Gasteiger partial charge in [0.1, 0.15) is 5.75 Å². The first-order valence-electron chi connectivity index (χ1n) is 11.0. The molecule has 1 aromatic carbocycles. The molecule has 1 amide bonds. The quantitative estimate of drug-likeness (QED) is 0.662. The lowest BCUT2D eigenvalue weighted by atomic mass is 9.88. The molecule has 5 rings (SSSR count). The zero-order valence-electron chi connectivity index (χ0n) is 18.3. The van der Waals surface area contributed by atoms with E-state index >= 15 is 0 Å². The third-order valence-electron chi connectivity index (χ3n) is 6.70. The van der Waals surface area contributed by atoms with E-state index in [0.29, 0.717) is 24.4 Å². The van der Waals surface area contributed by atoms with Crippen molar-refractivity contribution >= 4 is 5.91 Å². The molecule has 1 aliphatic heterocycles. The molecular formula is C24H26N4O4. The summed E-state index contributed by atoms with van der Waals surface area (Å²) in [5.41, 5.74) is 2.62. The topological polar surface area (TPSA) is 101 Å². The number of carbonyl (C=O) groups is 1. The van der Waals surface area contributed by atoms with Crippen molar-refractivity contribution in [2.75, 3.05) is 20.2 Å². The van der Waals surface area contributed by atoms with Crippen molar-refractivity contribution in [1.82, 2.24) is 20.3 Å². The van der Waals surface area contributed by atoms with Gasteiger partial charge in [0.15, 0.2) is 5.76 Å². The largest absolute Gasteiger partial charge is 0.497 e. The maximum atomic E-state index is 13.4. The van der Waals surface area contributed by atoms with Crippen LogP contribution in [-0.4, -0.2) is 46.4 Å². The van der Waals surface area contributed by atoms with E-state index in [0.717, 1.165) is 48.4 Å². The van der Waals surface area contributed by atoms with Crippen LogP contribution in [0.15, 0.2) is 45.7 Å². The van der Waals surface area contributed by atoms with Crippen LogP contribution < -0.4 is 10.3 Å². The lowest BCUT2D eigenvalue weighted by Gasteiger charge is -2.34. The second-order valence-electron chi connectivity index (χ2n) is 8.74. The molecule has 1 aliphatic carbocycles. The summed E-state index contributed by atoms with van der Waals surface area (Å²) >= 11 is 0. The number of likely N-dealkylation sites (tertiary alicyclic amines) is 1. The summed E-state index contributed by atoms with van der Waals surface area (Å²) in [7, 11) is 1.64. The summed E-state index contributed by atoms with van der Waals surface area (Å²) in [6.45, 7) is 3.17. The fourth-order valence-electron chi connectivity index (χ4n) is 4.73. The Hall–Kier alpha value is -3.42. The van der Waals surface area contributed by atoms with E-state index < -0.39 is 5.41 Å². The summed E-state index contributed by atoms with van der Waals surface area (Å²) in [5.74, 6) is 1.68. The number of aromatic amines is 1. The number of carbonyl (C=O) groups excluding carboxylic acids is 1. The van der Waals surface area contributed by atoms with Gasteiger partial charge in [-0.25, -0.2) is 5.10 Å². The lowest BCUT2D eigenvalue weighted by molar-refractivity contribution is -0.135. The van der Waals surface area contributed by atoms with Gasteiger partial charge in [-0.15, -0.1) is 0 Å². The Bertz CT molecular complexity index is 1190. The molecule has 0 radical (unpaired) electrons. The molecule has 32 heavy (non-hydrogen) atoms.